The molecule has 2 N–H and O–H groups in total. The molecule has 0 radical (unpaired) electrons. The lowest BCUT2D eigenvalue weighted by molar-refractivity contribution is 0.452. The fraction of sp³-hybridized carbons (Fsp3) is 0.455. The molecule has 0 spiro atoms. The SMILES string of the molecule is CN(CC1CC1)S(=O)(=O)c1cccc(F)c1N. The Bertz CT molecular complexity index is 526. The first-order valence-electron chi connectivity index (χ1n) is 5.43. The molecule has 0 amide bonds. The monoisotopic (exact) mass is 258 g/mol. The van der Waals surface area contributed by atoms with Crippen molar-refractivity contribution in [2.75, 3.05) is 19.3 Å². The van der Waals surface area contributed by atoms with Gasteiger partial charge in [-0.05, 0) is 30.9 Å². The van der Waals surface area contributed by atoms with Crippen molar-refractivity contribution in [2.45, 2.75) is 17.7 Å². The molecule has 0 aliphatic heterocycles. The fourth-order valence-corrected chi connectivity index (χ4v) is 3.04. The lowest BCUT2D eigenvalue weighted by atomic mass is 10.3. The van der Waals surface area contributed by atoms with E-state index in [-0.39, 0.29) is 10.6 Å². The van der Waals surface area contributed by atoms with Crippen LogP contribution in [-0.4, -0.2) is 26.3 Å². The highest BCUT2D eigenvalue weighted by Gasteiger charge is 2.30. The number of nitrogen functional groups attached to an aromatic ring is 1. The summed E-state index contributed by atoms with van der Waals surface area (Å²) in [5, 5.41) is 0. The van der Waals surface area contributed by atoms with Crippen molar-refractivity contribution < 1.29 is 12.8 Å². The molecular weight excluding hydrogens is 243 g/mol. The topological polar surface area (TPSA) is 63.4 Å². The molecule has 1 saturated carbocycles. The fourth-order valence-electron chi connectivity index (χ4n) is 1.67. The summed E-state index contributed by atoms with van der Waals surface area (Å²) in [4.78, 5) is -0.152. The Morgan fingerprint density at radius 2 is 2.12 bits per heavy atom. The third-order valence-electron chi connectivity index (χ3n) is 2.91. The highest BCUT2D eigenvalue weighted by atomic mass is 32.2. The van der Waals surface area contributed by atoms with Crippen molar-refractivity contribution in [1.82, 2.24) is 4.31 Å². The molecule has 1 aliphatic carbocycles. The molecule has 2 rings (SSSR count). The number of nitrogens with zero attached hydrogens (tertiary/aromatic N) is 1. The van der Waals surface area contributed by atoms with Crippen molar-refractivity contribution in [3.05, 3.63) is 24.0 Å². The number of hydrogen-bond donors (Lipinski definition) is 1. The Morgan fingerprint density at radius 3 is 2.71 bits per heavy atom. The zero-order valence-electron chi connectivity index (χ0n) is 9.56. The van der Waals surface area contributed by atoms with Crippen molar-refractivity contribution in [2.24, 2.45) is 5.92 Å². The van der Waals surface area contributed by atoms with Gasteiger partial charge in [0.1, 0.15) is 10.7 Å². The molecule has 94 valence electrons. The number of anilines is 1. The van der Waals surface area contributed by atoms with Crippen LogP contribution in [0.3, 0.4) is 0 Å². The number of rotatable bonds is 4. The van der Waals surface area contributed by atoms with E-state index in [1.54, 1.807) is 0 Å². The third-order valence-corrected chi connectivity index (χ3v) is 4.79. The number of para-hydroxylation sites is 1. The van der Waals surface area contributed by atoms with Gasteiger partial charge in [-0.1, -0.05) is 6.07 Å². The molecule has 0 atom stereocenters. The zero-order chi connectivity index (χ0) is 12.6. The smallest absolute Gasteiger partial charge is 0.244 e. The van der Waals surface area contributed by atoms with E-state index in [9.17, 15) is 12.8 Å². The second kappa shape index (κ2) is 4.27. The van der Waals surface area contributed by atoms with Crippen LogP contribution in [0.15, 0.2) is 23.1 Å². The van der Waals surface area contributed by atoms with E-state index in [1.165, 1.54) is 23.5 Å². The lowest BCUT2D eigenvalue weighted by Crippen LogP contribution is -2.29. The van der Waals surface area contributed by atoms with E-state index in [1.807, 2.05) is 0 Å². The summed E-state index contributed by atoms with van der Waals surface area (Å²) in [6.45, 7) is 0.471. The van der Waals surface area contributed by atoms with Crippen LogP contribution in [0.2, 0.25) is 0 Å². The Labute approximate surface area is 100 Å². The maximum atomic E-state index is 13.2. The minimum absolute atomic E-state index is 0.152. The molecule has 1 aliphatic rings. The Balaban J connectivity index is 2.33. The minimum atomic E-state index is -3.68. The minimum Gasteiger partial charge on any atom is -0.395 e. The predicted molar refractivity (Wildman–Crippen MR) is 63.4 cm³/mol. The number of nitrogens with two attached hydrogens (primary N) is 1. The average molecular weight is 258 g/mol. The molecule has 4 nitrogen and oxygen atoms in total. The molecular formula is C11H15FN2O2S. The molecule has 0 saturated heterocycles. The van der Waals surface area contributed by atoms with Gasteiger partial charge in [0.25, 0.3) is 0 Å². The molecule has 1 aromatic carbocycles. The van der Waals surface area contributed by atoms with Gasteiger partial charge in [-0.15, -0.1) is 0 Å². The molecule has 1 fully saturated rings. The first-order chi connectivity index (χ1) is 7.93. The quantitative estimate of drug-likeness (QED) is 0.831. The lowest BCUT2D eigenvalue weighted by Gasteiger charge is -2.18. The zero-order valence-corrected chi connectivity index (χ0v) is 10.4. The van der Waals surface area contributed by atoms with Crippen LogP contribution < -0.4 is 5.73 Å². The summed E-state index contributed by atoms with van der Waals surface area (Å²) in [5.74, 6) is -0.268. The van der Waals surface area contributed by atoms with Crippen LogP contribution in [0.1, 0.15) is 12.8 Å². The highest BCUT2D eigenvalue weighted by molar-refractivity contribution is 7.89. The molecule has 0 heterocycles. The number of sulfonamides is 1. The summed E-state index contributed by atoms with van der Waals surface area (Å²) >= 11 is 0. The first kappa shape index (κ1) is 12.3. The highest BCUT2D eigenvalue weighted by Crippen LogP contribution is 2.32. The summed E-state index contributed by atoms with van der Waals surface area (Å²) in [6, 6.07) is 3.83. The van der Waals surface area contributed by atoms with Crippen molar-refractivity contribution in [3.63, 3.8) is 0 Å². The second-order valence-electron chi connectivity index (χ2n) is 4.38. The molecule has 6 heteroatoms. The van der Waals surface area contributed by atoms with Crippen LogP contribution in [0.25, 0.3) is 0 Å². The van der Waals surface area contributed by atoms with E-state index in [0.29, 0.717) is 12.5 Å². The van der Waals surface area contributed by atoms with Gasteiger partial charge in [0.15, 0.2) is 0 Å². The standard InChI is InChI=1S/C11H15FN2O2S/c1-14(7-8-5-6-8)17(15,16)10-4-2-3-9(12)11(10)13/h2-4,8H,5-7,13H2,1H3. The number of hydrogen-bond acceptors (Lipinski definition) is 3. The van der Waals surface area contributed by atoms with Crippen LogP contribution in [0, 0.1) is 11.7 Å². The van der Waals surface area contributed by atoms with Gasteiger partial charge in [-0.25, -0.2) is 17.1 Å². The maximum absolute atomic E-state index is 13.2. The molecule has 0 unspecified atom stereocenters. The van der Waals surface area contributed by atoms with E-state index < -0.39 is 15.8 Å². The molecule has 0 aromatic heterocycles. The normalized spacial score (nSPS) is 16.4. The van der Waals surface area contributed by atoms with Crippen LogP contribution >= 0.6 is 0 Å². The van der Waals surface area contributed by atoms with Crippen LogP contribution in [0.4, 0.5) is 10.1 Å². The Kier molecular flexibility index (Phi) is 3.09. The van der Waals surface area contributed by atoms with Crippen molar-refractivity contribution in [1.29, 1.82) is 0 Å². The maximum Gasteiger partial charge on any atom is 0.244 e. The van der Waals surface area contributed by atoms with Gasteiger partial charge >= 0.3 is 0 Å². The predicted octanol–water partition coefficient (Wildman–Crippen LogP) is 1.44. The second-order valence-corrected chi connectivity index (χ2v) is 6.39. The summed E-state index contributed by atoms with van der Waals surface area (Å²) in [7, 11) is -2.18. The van der Waals surface area contributed by atoms with Gasteiger partial charge in [-0.3, -0.25) is 0 Å². The van der Waals surface area contributed by atoms with Gasteiger partial charge in [0.05, 0.1) is 5.69 Å². The Hall–Kier alpha value is -1.14. The van der Waals surface area contributed by atoms with Crippen LogP contribution in [0.5, 0.6) is 0 Å². The van der Waals surface area contributed by atoms with Gasteiger partial charge in [-0.2, -0.15) is 0 Å². The largest absolute Gasteiger partial charge is 0.395 e. The van der Waals surface area contributed by atoms with E-state index >= 15 is 0 Å². The van der Waals surface area contributed by atoms with Gasteiger partial charge < -0.3 is 5.73 Å². The first-order valence-corrected chi connectivity index (χ1v) is 6.87. The average Bonchev–Trinajstić information content (AvgIpc) is 3.05. The van der Waals surface area contributed by atoms with E-state index in [2.05, 4.69) is 0 Å². The molecule has 1 aromatic rings. The van der Waals surface area contributed by atoms with Gasteiger partial charge in [0.2, 0.25) is 10.0 Å². The molecule has 17 heavy (non-hydrogen) atoms. The van der Waals surface area contributed by atoms with Crippen molar-refractivity contribution >= 4 is 15.7 Å². The molecule has 0 bridgehead atoms. The number of halogens is 1. The van der Waals surface area contributed by atoms with Crippen molar-refractivity contribution in [3.8, 4) is 0 Å². The Morgan fingerprint density at radius 1 is 1.47 bits per heavy atom. The van der Waals surface area contributed by atoms with E-state index in [0.717, 1.165) is 18.9 Å². The summed E-state index contributed by atoms with van der Waals surface area (Å²) in [5.41, 5.74) is 5.16. The van der Waals surface area contributed by atoms with Crippen LogP contribution in [-0.2, 0) is 10.0 Å². The van der Waals surface area contributed by atoms with Gasteiger partial charge in [0, 0.05) is 13.6 Å². The third kappa shape index (κ3) is 2.42. The number of benzene rings is 1. The summed E-state index contributed by atoms with van der Waals surface area (Å²) in [6.07, 6.45) is 2.11. The van der Waals surface area contributed by atoms with E-state index in [4.69, 9.17) is 5.73 Å². The summed E-state index contributed by atoms with van der Waals surface area (Å²) < 4.78 is 38.8.